The molecule has 0 bridgehead atoms. The molecule has 1 aromatic heterocycles. The van der Waals surface area contributed by atoms with E-state index in [2.05, 4.69) is 0 Å². The van der Waals surface area contributed by atoms with Gasteiger partial charge in [0.1, 0.15) is 5.15 Å². The Morgan fingerprint density at radius 1 is 1.18 bits per heavy atom. The van der Waals surface area contributed by atoms with Crippen LogP contribution in [0, 0.1) is 0 Å². The van der Waals surface area contributed by atoms with Crippen LogP contribution in [0.25, 0.3) is 0 Å². The average molecular weight is 255 g/mol. The Hall–Kier alpha value is -0.540. The molecule has 2 aliphatic rings. The van der Waals surface area contributed by atoms with Crippen molar-refractivity contribution >= 4 is 11.6 Å². The van der Waals surface area contributed by atoms with Crippen LogP contribution >= 0.6 is 11.6 Å². The highest BCUT2D eigenvalue weighted by Gasteiger charge is 2.32. The van der Waals surface area contributed by atoms with E-state index < -0.39 is 0 Å². The standard InChI is InChI=1S/C13H19ClN2O/c14-13-11(8-17)12(9-6-7-9)15-16(13)10-4-2-1-3-5-10/h9-10,17H,1-8H2. The molecule has 0 atom stereocenters. The van der Waals surface area contributed by atoms with Gasteiger partial charge in [0.2, 0.25) is 0 Å². The molecule has 0 unspecified atom stereocenters. The summed E-state index contributed by atoms with van der Waals surface area (Å²) in [6.07, 6.45) is 8.63. The minimum absolute atomic E-state index is 0.0252. The van der Waals surface area contributed by atoms with Crippen molar-refractivity contribution in [1.29, 1.82) is 0 Å². The number of aliphatic hydroxyl groups excluding tert-OH is 1. The number of aromatic nitrogens is 2. The molecular weight excluding hydrogens is 236 g/mol. The molecule has 17 heavy (non-hydrogen) atoms. The minimum Gasteiger partial charge on any atom is -0.391 e. The molecule has 1 heterocycles. The Kier molecular flexibility index (Phi) is 3.14. The first kappa shape index (κ1) is 11.5. The number of hydrogen-bond donors (Lipinski definition) is 1. The summed E-state index contributed by atoms with van der Waals surface area (Å²) in [5.41, 5.74) is 1.93. The maximum atomic E-state index is 9.45. The van der Waals surface area contributed by atoms with Crippen molar-refractivity contribution in [3.63, 3.8) is 0 Å². The maximum absolute atomic E-state index is 9.45. The molecule has 0 aliphatic heterocycles. The third-order valence-electron chi connectivity index (χ3n) is 4.02. The highest BCUT2D eigenvalue weighted by Crippen LogP contribution is 2.44. The van der Waals surface area contributed by atoms with E-state index in [4.69, 9.17) is 16.7 Å². The van der Waals surface area contributed by atoms with Crippen molar-refractivity contribution < 1.29 is 5.11 Å². The van der Waals surface area contributed by atoms with Gasteiger partial charge in [-0.15, -0.1) is 0 Å². The second kappa shape index (κ2) is 4.62. The Labute approximate surface area is 107 Å². The molecule has 94 valence electrons. The fraction of sp³-hybridized carbons (Fsp3) is 0.769. The lowest BCUT2D eigenvalue weighted by Crippen LogP contribution is -2.14. The van der Waals surface area contributed by atoms with Gasteiger partial charge in [-0.2, -0.15) is 5.10 Å². The van der Waals surface area contributed by atoms with Gasteiger partial charge in [0.05, 0.1) is 18.3 Å². The van der Waals surface area contributed by atoms with Crippen LogP contribution in [0.15, 0.2) is 0 Å². The van der Waals surface area contributed by atoms with Crippen LogP contribution in [-0.4, -0.2) is 14.9 Å². The molecule has 1 N–H and O–H groups in total. The number of hydrogen-bond acceptors (Lipinski definition) is 2. The monoisotopic (exact) mass is 254 g/mol. The van der Waals surface area contributed by atoms with Crippen LogP contribution in [-0.2, 0) is 6.61 Å². The molecule has 0 spiro atoms. The zero-order valence-corrected chi connectivity index (χ0v) is 10.8. The summed E-state index contributed by atoms with van der Waals surface area (Å²) in [6, 6.07) is 0.453. The first-order valence-electron chi connectivity index (χ1n) is 6.69. The molecule has 1 aromatic rings. The zero-order chi connectivity index (χ0) is 11.8. The van der Waals surface area contributed by atoms with Crippen LogP contribution in [0.4, 0.5) is 0 Å². The third kappa shape index (κ3) is 2.11. The fourth-order valence-corrected chi connectivity index (χ4v) is 3.20. The van der Waals surface area contributed by atoms with Crippen molar-refractivity contribution in [2.75, 3.05) is 0 Å². The lowest BCUT2D eigenvalue weighted by atomic mass is 9.96. The number of halogens is 1. The number of aliphatic hydroxyl groups is 1. The maximum Gasteiger partial charge on any atom is 0.133 e. The van der Waals surface area contributed by atoms with Crippen molar-refractivity contribution in [3.8, 4) is 0 Å². The van der Waals surface area contributed by atoms with Crippen LogP contribution in [0.5, 0.6) is 0 Å². The summed E-state index contributed by atoms with van der Waals surface area (Å²) >= 11 is 6.38. The lowest BCUT2D eigenvalue weighted by molar-refractivity contribution is 0.280. The fourth-order valence-electron chi connectivity index (χ4n) is 2.86. The van der Waals surface area contributed by atoms with Gasteiger partial charge in [-0.1, -0.05) is 30.9 Å². The highest BCUT2D eigenvalue weighted by atomic mass is 35.5. The molecule has 0 aromatic carbocycles. The SMILES string of the molecule is OCc1c(C2CC2)nn(C2CCCCC2)c1Cl. The van der Waals surface area contributed by atoms with E-state index in [0.717, 1.165) is 11.3 Å². The van der Waals surface area contributed by atoms with Gasteiger partial charge in [-0.3, -0.25) is 4.68 Å². The van der Waals surface area contributed by atoms with E-state index in [-0.39, 0.29) is 6.61 Å². The van der Waals surface area contributed by atoms with Crippen molar-refractivity contribution in [3.05, 3.63) is 16.4 Å². The highest BCUT2D eigenvalue weighted by molar-refractivity contribution is 6.30. The molecule has 3 rings (SSSR count). The third-order valence-corrected chi connectivity index (χ3v) is 4.42. The van der Waals surface area contributed by atoms with Gasteiger partial charge >= 0.3 is 0 Å². The Morgan fingerprint density at radius 2 is 1.88 bits per heavy atom. The normalized spacial score (nSPS) is 22.0. The van der Waals surface area contributed by atoms with E-state index in [1.807, 2.05) is 4.68 Å². The molecule has 0 radical (unpaired) electrons. The molecule has 2 fully saturated rings. The first-order valence-corrected chi connectivity index (χ1v) is 7.06. The van der Waals surface area contributed by atoms with Gasteiger partial charge in [-0.05, 0) is 25.7 Å². The van der Waals surface area contributed by atoms with E-state index in [0.29, 0.717) is 17.1 Å². The van der Waals surface area contributed by atoms with Crippen molar-refractivity contribution in [2.45, 2.75) is 63.5 Å². The molecular formula is C13H19ClN2O. The summed E-state index contributed by atoms with van der Waals surface area (Å²) in [7, 11) is 0. The Balaban J connectivity index is 1.92. The second-order valence-corrected chi connectivity index (χ2v) is 5.68. The number of rotatable bonds is 3. The van der Waals surface area contributed by atoms with E-state index in [1.54, 1.807) is 0 Å². The van der Waals surface area contributed by atoms with Gasteiger partial charge in [0.25, 0.3) is 0 Å². The predicted molar refractivity (Wildman–Crippen MR) is 67.3 cm³/mol. The van der Waals surface area contributed by atoms with Gasteiger partial charge in [-0.25, -0.2) is 0 Å². The van der Waals surface area contributed by atoms with Crippen LogP contribution in [0.2, 0.25) is 5.15 Å². The number of nitrogens with zero attached hydrogens (tertiary/aromatic N) is 2. The summed E-state index contributed by atoms with van der Waals surface area (Å²) in [5.74, 6) is 0.555. The molecule has 2 saturated carbocycles. The predicted octanol–water partition coefficient (Wildman–Crippen LogP) is 3.41. The lowest BCUT2D eigenvalue weighted by Gasteiger charge is -2.22. The largest absolute Gasteiger partial charge is 0.391 e. The summed E-state index contributed by atoms with van der Waals surface area (Å²) in [5, 5.41) is 14.8. The van der Waals surface area contributed by atoms with Gasteiger partial charge in [0.15, 0.2) is 0 Å². The zero-order valence-electron chi connectivity index (χ0n) is 10.0. The smallest absolute Gasteiger partial charge is 0.133 e. The summed E-state index contributed by atoms with van der Waals surface area (Å²) < 4.78 is 1.99. The molecule has 2 aliphatic carbocycles. The minimum atomic E-state index is 0.0252. The summed E-state index contributed by atoms with van der Waals surface area (Å²) in [6.45, 7) is 0.0252. The molecule has 0 amide bonds. The molecule has 0 saturated heterocycles. The van der Waals surface area contributed by atoms with Gasteiger partial charge < -0.3 is 5.11 Å². The van der Waals surface area contributed by atoms with E-state index in [9.17, 15) is 5.11 Å². The van der Waals surface area contributed by atoms with E-state index >= 15 is 0 Å². The van der Waals surface area contributed by atoms with Crippen LogP contribution in [0.3, 0.4) is 0 Å². The topological polar surface area (TPSA) is 38.1 Å². The van der Waals surface area contributed by atoms with E-state index in [1.165, 1.54) is 44.9 Å². The quantitative estimate of drug-likeness (QED) is 0.898. The summed E-state index contributed by atoms with van der Waals surface area (Å²) in [4.78, 5) is 0. The van der Waals surface area contributed by atoms with Crippen molar-refractivity contribution in [2.24, 2.45) is 0 Å². The van der Waals surface area contributed by atoms with Crippen molar-refractivity contribution in [1.82, 2.24) is 9.78 Å². The Morgan fingerprint density at radius 3 is 2.47 bits per heavy atom. The Bertz CT molecular complexity index is 406. The first-order chi connectivity index (χ1) is 8.31. The second-order valence-electron chi connectivity index (χ2n) is 5.32. The van der Waals surface area contributed by atoms with Gasteiger partial charge in [0, 0.05) is 11.5 Å². The average Bonchev–Trinajstić information content (AvgIpc) is 3.15. The van der Waals surface area contributed by atoms with Crippen LogP contribution in [0.1, 0.15) is 68.2 Å². The molecule has 4 heteroatoms. The molecule has 3 nitrogen and oxygen atoms in total. The van der Waals surface area contributed by atoms with Crippen LogP contribution < -0.4 is 0 Å².